The Kier molecular flexibility index (Phi) is 2.27. The smallest absolute Gasteiger partial charge is 0.343 e. The van der Waals surface area contributed by atoms with Gasteiger partial charge in [0.05, 0.1) is 7.11 Å². The molecule has 0 unspecified atom stereocenters. The monoisotopic (exact) mass is 184 g/mol. The van der Waals surface area contributed by atoms with Crippen LogP contribution < -0.4 is 4.74 Å². The van der Waals surface area contributed by atoms with Crippen LogP contribution in [0, 0.1) is 0 Å². The SMILES string of the molecule is COc1cc(O)c(C(=O)O)c(O)c1. The number of carboxylic acid groups (broad SMARTS) is 1. The molecule has 0 aliphatic carbocycles. The molecule has 70 valence electrons. The molecular weight excluding hydrogens is 176 g/mol. The van der Waals surface area contributed by atoms with E-state index < -0.39 is 23.0 Å². The lowest BCUT2D eigenvalue weighted by molar-refractivity contribution is 0.0690. The first-order chi connectivity index (χ1) is 6.06. The molecule has 0 saturated carbocycles. The van der Waals surface area contributed by atoms with Gasteiger partial charge in [0, 0.05) is 12.1 Å². The fourth-order valence-electron chi connectivity index (χ4n) is 0.924. The summed E-state index contributed by atoms with van der Waals surface area (Å²) >= 11 is 0. The summed E-state index contributed by atoms with van der Waals surface area (Å²) in [6.07, 6.45) is 0. The molecule has 0 bridgehead atoms. The van der Waals surface area contributed by atoms with E-state index in [1.54, 1.807) is 0 Å². The third-order valence-electron chi connectivity index (χ3n) is 1.52. The lowest BCUT2D eigenvalue weighted by Crippen LogP contribution is -1.97. The number of rotatable bonds is 2. The summed E-state index contributed by atoms with van der Waals surface area (Å²) in [5.74, 6) is -2.24. The second kappa shape index (κ2) is 3.22. The van der Waals surface area contributed by atoms with Crippen molar-refractivity contribution in [3.8, 4) is 17.2 Å². The lowest BCUT2D eigenvalue weighted by atomic mass is 10.1. The van der Waals surface area contributed by atoms with Crippen LogP contribution in [0.1, 0.15) is 10.4 Å². The van der Waals surface area contributed by atoms with Crippen molar-refractivity contribution in [3.05, 3.63) is 17.7 Å². The van der Waals surface area contributed by atoms with Gasteiger partial charge < -0.3 is 20.1 Å². The first-order valence-electron chi connectivity index (χ1n) is 3.39. The van der Waals surface area contributed by atoms with Crippen molar-refractivity contribution in [1.29, 1.82) is 0 Å². The molecule has 1 aromatic rings. The highest BCUT2D eigenvalue weighted by atomic mass is 16.5. The quantitative estimate of drug-likeness (QED) is 0.632. The molecule has 5 nitrogen and oxygen atoms in total. The third kappa shape index (κ3) is 1.64. The fourth-order valence-corrected chi connectivity index (χ4v) is 0.924. The molecule has 0 saturated heterocycles. The molecule has 0 aliphatic rings. The second-order valence-electron chi connectivity index (χ2n) is 2.35. The Morgan fingerprint density at radius 3 is 2.08 bits per heavy atom. The first-order valence-corrected chi connectivity index (χ1v) is 3.39. The summed E-state index contributed by atoms with van der Waals surface area (Å²) in [7, 11) is 1.34. The van der Waals surface area contributed by atoms with E-state index in [2.05, 4.69) is 0 Å². The molecule has 0 amide bonds. The van der Waals surface area contributed by atoms with E-state index in [9.17, 15) is 4.79 Å². The maximum Gasteiger partial charge on any atom is 0.343 e. The maximum atomic E-state index is 10.5. The van der Waals surface area contributed by atoms with Gasteiger partial charge in [-0.2, -0.15) is 0 Å². The topological polar surface area (TPSA) is 87.0 Å². The van der Waals surface area contributed by atoms with E-state index in [1.165, 1.54) is 7.11 Å². The lowest BCUT2D eigenvalue weighted by Gasteiger charge is -2.05. The molecule has 13 heavy (non-hydrogen) atoms. The van der Waals surface area contributed by atoms with Gasteiger partial charge in [-0.15, -0.1) is 0 Å². The van der Waals surface area contributed by atoms with Gasteiger partial charge in [0.1, 0.15) is 22.8 Å². The number of hydrogen-bond acceptors (Lipinski definition) is 4. The highest BCUT2D eigenvalue weighted by Gasteiger charge is 2.16. The Hall–Kier alpha value is -1.91. The number of phenols is 2. The van der Waals surface area contributed by atoms with E-state index in [-0.39, 0.29) is 5.75 Å². The van der Waals surface area contributed by atoms with Gasteiger partial charge >= 0.3 is 5.97 Å². The van der Waals surface area contributed by atoms with Gasteiger partial charge in [0.15, 0.2) is 0 Å². The van der Waals surface area contributed by atoms with Crippen molar-refractivity contribution in [2.45, 2.75) is 0 Å². The Labute approximate surface area is 73.8 Å². The average Bonchev–Trinajstić information content (AvgIpc) is 2.02. The number of aromatic hydroxyl groups is 2. The largest absolute Gasteiger partial charge is 0.507 e. The summed E-state index contributed by atoms with van der Waals surface area (Å²) in [5.41, 5.74) is -0.527. The number of ether oxygens (including phenoxy) is 1. The minimum absolute atomic E-state index is 0.194. The Morgan fingerprint density at radius 2 is 1.77 bits per heavy atom. The van der Waals surface area contributed by atoms with E-state index in [4.69, 9.17) is 20.1 Å². The molecule has 0 aromatic heterocycles. The maximum absolute atomic E-state index is 10.5. The third-order valence-corrected chi connectivity index (χ3v) is 1.52. The van der Waals surface area contributed by atoms with Gasteiger partial charge in [-0.3, -0.25) is 0 Å². The Bertz CT molecular complexity index is 321. The number of carboxylic acids is 1. The summed E-state index contributed by atoms with van der Waals surface area (Å²) in [6.45, 7) is 0. The predicted molar refractivity (Wildman–Crippen MR) is 43.3 cm³/mol. The van der Waals surface area contributed by atoms with Gasteiger partial charge in [-0.1, -0.05) is 0 Å². The molecule has 0 radical (unpaired) electrons. The zero-order valence-electron chi connectivity index (χ0n) is 6.81. The number of aromatic carboxylic acids is 1. The van der Waals surface area contributed by atoms with Crippen LogP contribution in [-0.2, 0) is 0 Å². The molecule has 0 spiro atoms. The highest BCUT2D eigenvalue weighted by molar-refractivity contribution is 5.94. The standard InChI is InChI=1S/C8H8O5/c1-13-4-2-5(9)7(8(11)12)6(10)3-4/h2-3,9-10H,1H3,(H,11,12). The summed E-state index contributed by atoms with van der Waals surface area (Å²) in [6, 6.07) is 2.23. The van der Waals surface area contributed by atoms with E-state index in [0.717, 1.165) is 12.1 Å². The van der Waals surface area contributed by atoms with Crippen LogP contribution in [0.25, 0.3) is 0 Å². The van der Waals surface area contributed by atoms with Gasteiger partial charge in [-0.05, 0) is 0 Å². The molecule has 5 heteroatoms. The van der Waals surface area contributed by atoms with Crippen LogP contribution in [0.3, 0.4) is 0 Å². The molecule has 0 heterocycles. The zero-order chi connectivity index (χ0) is 10.0. The normalized spacial score (nSPS) is 9.62. The number of benzene rings is 1. The molecule has 1 rings (SSSR count). The first kappa shape index (κ1) is 9.18. The Morgan fingerprint density at radius 1 is 1.31 bits per heavy atom. The minimum atomic E-state index is -1.39. The summed E-state index contributed by atoms with van der Waals surface area (Å²) in [4.78, 5) is 10.5. The van der Waals surface area contributed by atoms with Crippen LogP contribution in [0.2, 0.25) is 0 Å². The van der Waals surface area contributed by atoms with Crippen molar-refractivity contribution in [1.82, 2.24) is 0 Å². The average molecular weight is 184 g/mol. The van der Waals surface area contributed by atoms with Crippen LogP contribution >= 0.6 is 0 Å². The van der Waals surface area contributed by atoms with Gasteiger partial charge in [-0.25, -0.2) is 4.79 Å². The van der Waals surface area contributed by atoms with Gasteiger partial charge in [0.2, 0.25) is 0 Å². The van der Waals surface area contributed by atoms with E-state index in [0.29, 0.717) is 0 Å². The minimum Gasteiger partial charge on any atom is -0.507 e. The second-order valence-corrected chi connectivity index (χ2v) is 2.35. The number of hydrogen-bond donors (Lipinski definition) is 3. The molecule has 0 fully saturated rings. The van der Waals surface area contributed by atoms with Crippen LogP contribution in [-0.4, -0.2) is 28.4 Å². The van der Waals surface area contributed by atoms with E-state index >= 15 is 0 Å². The Balaban J connectivity index is 3.31. The number of carbonyl (C=O) groups is 1. The van der Waals surface area contributed by atoms with Crippen LogP contribution in [0.5, 0.6) is 17.2 Å². The van der Waals surface area contributed by atoms with Crippen molar-refractivity contribution >= 4 is 5.97 Å². The van der Waals surface area contributed by atoms with Gasteiger partial charge in [0.25, 0.3) is 0 Å². The van der Waals surface area contributed by atoms with Crippen LogP contribution in [0.4, 0.5) is 0 Å². The van der Waals surface area contributed by atoms with Crippen molar-refractivity contribution in [3.63, 3.8) is 0 Å². The predicted octanol–water partition coefficient (Wildman–Crippen LogP) is 0.805. The highest BCUT2D eigenvalue weighted by Crippen LogP contribution is 2.31. The van der Waals surface area contributed by atoms with Crippen molar-refractivity contribution in [2.75, 3.05) is 7.11 Å². The number of methoxy groups -OCH3 is 1. The summed E-state index contributed by atoms with van der Waals surface area (Å²) < 4.78 is 4.70. The van der Waals surface area contributed by atoms with Crippen LogP contribution in [0.15, 0.2) is 12.1 Å². The molecular formula is C8H8O5. The summed E-state index contributed by atoms with van der Waals surface area (Å²) in [5, 5.41) is 26.9. The zero-order valence-corrected chi connectivity index (χ0v) is 6.81. The van der Waals surface area contributed by atoms with E-state index in [1.807, 2.05) is 0 Å². The van der Waals surface area contributed by atoms with Crippen molar-refractivity contribution < 1.29 is 24.9 Å². The molecule has 1 aromatic carbocycles. The molecule has 3 N–H and O–H groups in total. The fraction of sp³-hybridized carbons (Fsp3) is 0.125. The molecule has 0 atom stereocenters. The molecule has 0 aliphatic heterocycles. The van der Waals surface area contributed by atoms with Crippen molar-refractivity contribution in [2.24, 2.45) is 0 Å².